The number of esters is 1. The number of nitrogens with zero attached hydrogens (tertiary/aromatic N) is 3. The van der Waals surface area contributed by atoms with Crippen LogP contribution in [0.25, 0.3) is 0 Å². The minimum absolute atomic E-state index is 0.253. The first-order chi connectivity index (χ1) is 7.27. The molecule has 0 unspecified atom stereocenters. The van der Waals surface area contributed by atoms with Crippen LogP contribution in [-0.4, -0.2) is 22.6 Å². The van der Waals surface area contributed by atoms with Crippen molar-refractivity contribution >= 4 is 5.97 Å². The van der Waals surface area contributed by atoms with Crippen LogP contribution in [0.5, 0.6) is 0 Å². The first kappa shape index (κ1) is 9.71. The Labute approximate surface area is 87.3 Å². The molecule has 0 bridgehead atoms. The number of hydrogen-bond acceptors (Lipinski definition) is 4. The molecular weight excluding hydrogens is 194 g/mol. The fourth-order valence-corrected chi connectivity index (χ4v) is 1.88. The Bertz CT molecular complexity index is 442. The summed E-state index contributed by atoms with van der Waals surface area (Å²) in [6, 6.07) is 2.01. The van der Waals surface area contributed by atoms with Gasteiger partial charge in [0.2, 0.25) is 5.82 Å². The molecule has 5 nitrogen and oxygen atoms in total. The third kappa shape index (κ3) is 1.48. The zero-order valence-electron chi connectivity index (χ0n) is 8.49. The van der Waals surface area contributed by atoms with Gasteiger partial charge in [-0.3, -0.25) is 0 Å². The Kier molecular flexibility index (Phi) is 2.42. The zero-order chi connectivity index (χ0) is 10.8. The van der Waals surface area contributed by atoms with Gasteiger partial charge in [0.1, 0.15) is 6.07 Å². The lowest BCUT2D eigenvalue weighted by atomic mass is 10.1. The molecule has 0 amide bonds. The third-order valence-corrected chi connectivity index (χ3v) is 2.59. The van der Waals surface area contributed by atoms with Gasteiger partial charge >= 0.3 is 5.97 Å². The Hall–Kier alpha value is -1.83. The summed E-state index contributed by atoms with van der Waals surface area (Å²) in [7, 11) is 1.32. The lowest BCUT2D eigenvalue weighted by Crippen LogP contribution is -2.17. The van der Waals surface area contributed by atoms with E-state index in [4.69, 9.17) is 5.26 Å². The van der Waals surface area contributed by atoms with Crippen molar-refractivity contribution in [2.24, 2.45) is 0 Å². The maximum atomic E-state index is 11.4. The number of hydrogen-bond donors (Lipinski definition) is 0. The average Bonchev–Trinajstić information content (AvgIpc) is 2.67. The highest BCUT2D eigenvalue weighted by Gasteiger charge is 2.24. The number of ether oxygens (including phenoxy) is 1. The molecule has 5 heteroatoms. The lowest BCUT2D eigenvalue weighted by molar-refractivity contribution is 0.0580. The molecule has 0 spiro atoms. The molecule has 0 N–H and O–H groups in total. The molecule has 2 rings (SSSR count). The van der Waals surface area contributed by atoms with Crippen molar-refractivity contribution in [1.29, 1.82) is 5.26 Å². The fraction of sp³-hybridized carbons (Fsp3) is 0.500. The second-order valence-corrected chi connectivity index (χ2v) is 3.44. The van der Waals surface area contributed by atoms with Crippen LogP contribution in [0.2, 0.25) is 0 Å². The topological polar surface area (TPSA) is 67.9 Å². The summed E-state index contributed by atoms with van der Waals surface area (Å²) < 4.78 is 6.43. The minimum Gasteiger partial charge on any atom is -0.463 e. The molecule has 1 aromatic heterocycles. The first-order valence-corrected chi connectivity index (χ1v) is 4.85. The van der Waals surface area contributed by atoms with Crippen molar-refractivity contribution in [3.63, 3.8) is 0 Å². The van der Waals surface area contributed by atoms with Crippen molar-refractivity contribution < 1.29 is 9.53 Å². The number of fused-ring (bicyclic) bond motifs is 1. The maximum absolute atomic E-state index is 11.4. The molecule has 1 aromatic rings. The van der Waals surface area contributed by atoms with E-state index in [1.54, 1.807) is 4.57 Å². The SMILES string of the molecule is COC(=O)c1nc(C#N)c2n1CCCC2. The van der Waals surface area contributed by atoms with Gasteiger partial charge in [-0.2, -0.15) is 5.26 Å². The summed E-state index contributed by atoms with van der Waals surface area (Å²) in [4.78, 5) is 15.4. The summed E-state index contributed by atoms with van der Waals surface area (Å²) in [5.41, 5.74) is 1.22. The van der Waals surface area contributed by atoms with Crippen molar-refractivity contribution in [3.8, 4) is 6.07 Å². The predicted octanol–water partition coefficient (Wildman–Crippen LogP) is 0.878. The highest BCUT2D eigenvalue weighted by atomic mass is 16.5. The van der Waals surface area contributed by atoms with Gasteiger partial charge in [-0.1, -0.05) is 0 Å². The van der Waals surface area contributed by atoms with Gasteiger partial charge in [-0.05, 0) is 19.3 Å². The van der Waals surface area contributed by atoms with Crippen LogP contribution in [0.1, 0.15) is 34.8 Å². The largest absolute Gasteiger partial charge is 0.463 e. The Morgan fingerprint density at radius 1 is 1.60 bits per heavy atom. The molecule has 0 atom stereocenters. The van der Waals surface area contributed by atoms with Crippen molar-refractivity contribution in [1.82, 2.24) is 9.55 Å². The van der Waals surface area contributed by atoms with Gasteiger partial charge in [0.05, 0.1) is 12.8 Å². The molecule has 1 aliphatic rings. The van der Waals surface area contributed by atoms with E-state index in [2.05, 4.69) is 9.72 Å². The summed E-state index contributed by atoms with van der Waals surface area (Å²) in [5, 5.41) is 8.88. The minimum atomic E-state index is -0.473. The summed E-state index contributed by atoms with van der Waals surface area (Å²) >= 11 is 0. The number of carbonyl (C=O) groups is 1. The maximum Gasteiger partial charge on any atom is 0.374 e. The number of rotatable bonds is 1. The number of carbonyl (C=O) groups excluding carboxylic acids is 1. The average molecular weight is 205 g/mol. The molecule has 0 aliphatic carbocycles. The van der Waals surface area contributed by atoms with E-state index in [0.717, 1.165) is 31.5 Å². The van der Waals surface area contributed by atoms with Crippen LogP contribution in [0.15, 0.2) is 0 Å². The van der Waals surface area contributed by atoms with E-state index < -0.39 is 5.97 Å². The molecule has 0 fully saturated rings. The summed E-state index contributed by atoms with van der Waals surface area (Å²) in [6.45, 7) is 0.744. The second kappa shape index (κ2) is 3.73. The third-order valence-electron chi connectivity index (χ3n) is 2.59. The van der Waals surface area contributed by atoms with Crippen LogP contribution >= 0.6 is 0 Å². The highest BCUT2D eigenvalue weighted by molar-refractivity contribution is 5.86. The van der Waals surface area contributed by atoms with Crippen LogP contribution < -0.4 is 0 Å². The molecule has 78 valence electrons. The highest BCUT2D eigenvalue weighted by Crippen LogP contribution is 2.20. The van der Waals surface area contributed by atoms with Crippen molar-refractivity contribution in [2.45, 2.75) is 25.8 Å². The Morgan fingerprint density at radius 2 is 2.40 bits per heavy atom. The molecular formula is C10H11N3O2. The quantitative estimate of drug-likeness (QED) is 0.638. The molecule has 2 heterocycles. The van der Waals surface area contributed by atoms with Crippen LogP contribution in [0.3, 0.4) is 0 Å². The van der Waals surface area contributed by atoms with Gasteiger partial charge in [-0.25, -0.2) is 9.78 Å². The molecule has 0 saturated carbocycles. The van der Waals surface area contributed by atoms with Crippen molar-refractivity contribution in [3.05, 3.63) is 17.2 Å². The molecule has 0 saturated heterocycles. The predicted molar refractivity (Wildman–Crippen MR) is 51.2 cm³/mol. The van der Waals surface area contributed by atoms with Gasteiger partial charge in [0, 0.05) is 6.54 Å². The van der Waals surface area contributed by atoms with E-state index in [9.17, 15) is 4.79 Å². The van der Waals surface area contributed by atoms with Gasteiger partial charge in [0.25, 0.3) is 0 Å². The van der Waals surface area contributed by atoms with Crippen molar-refractivity contribution in [2.75, 3.05) is 7.11 Å². The van der Waals surface area contributed by atoms with Crippen LogP contribution in [0.4, 0.5) is 0 Å². The van der Waals surface area contributed by atoms with E-state index >= 15 is 0 Å². The van der Waals surface area contributed by atoms with Gasteiger partial charge < -0.3 is 9.30 Å². The number of methoxy groups -OCH3 is 1. The Morgan fingerprint density at radius 3 is 3.07 bits per heavy atom. The summed E-state index contributed by atoms with van der Waals surface area (Å²) in [6.07, 6.45) is 2.87. The fourth-order valence-electron chi connectivity index (χ4n) is 1.88. The van der Waals surface area contributed by atoms with E-state index in [1.165, 1.54) is 7.11 Å². The Balaban J connectivity index is 2.53. The van der Waals surface area contributed by atoms with E-state index in [1.807, 2.05) is 6.07 Å². The monoisotopic (exact) mass is 205 g/mol. The molecule has 0 aromatic carbocycles. The standard InChI is InChI=1S/C10H11N3O2/c1-15-10(14)9-12-7(6-11)8-4-2-3-5-13(8)9/h2-5H2,1H3. The van der Waals surface area contributed by atoms with E-state index in [0.29, 0.717) is 5.69 Å². The first-order valence-electron chi connectivity index (χ1n) is 4.85. The van der Waals surface area contributed by atoms with E-state index in [-0.39, 0.29) is 5.82 Å². The molecule has 0 radical (unpaired) electrons. The van der Waals surface area contributed by atoms with Gasteiger partial charge in [0.15, 0.2) is 5.69 Å². The molecule has 1 aliphatic heterocycles. The second-order valence-electron chi connectivity index (χ2n) is 3.44. The van der Waals surface area contributed by atoms with Crippen LogP contribution in [-0.2, 0) is 17.7 Å². The molecule has 15 heavy (non-hydrogen) atoms. The van der Waals surface area contributed by atoms with Crippen LogP contribution in [0, 0.1) is 11.3 Å². The number of aromatic nitrogens is 2. The number of nitriles is 1. The van der Waals surface area contributed by atoms with Gasteiger partial charge in [-0.15, -0.1) is 0 Å². The lowest BCUT2D eigenvalue weighted by Gasteiger charge is -2.15. The zero-order valence-corrected chi connectivity index (χ0v) is 8.49. The smallest absolute Gasteiger partial charge is 0.374 e. The number of imidazole rings is 1. The summed E-state index contributed by atoms with van der Waals surface area (Å²) in [5.74, 6) is -0.219. The normalized spacial score (nSPS) is 14.1.